The van der Waals surface area contributed by atoms with Crippen molar-refractivity contribution >= 4 is 21.7 Å². The molecule has 140 valence electrons. The van der Waals surface area contributed by atoms with Crippen LogP contribution in [-0.4, -0.2) is 12.9 Å². The summed E-state index contributed by atoms with van der Waals surface area (Å²) < 4.78 is 6.20. The molecule has 0 bridgehead atoms. The molecule has 0 fully saturated rings. The lowest BCUT2D eigenvalue weighted by atomic mass is 9.78. The normalized spacial score (nSPS) is 12.6. The quantitative estimate of drug-likeness (QED) is 0.421. The van der Waals surface area contributed by atoms with E-state index < -0.39 is 5.92 Å². The maximum absolute atomic E-state index is 12.9. The van der Waals surface area contributed by atoms with Gasteiger partial charge in [0.1, 0.15) is 5.75 Å². The number of hydrogen-bond donors (Lipinski definition) is 0. The van der Waals surface area contributed by atoms with Crippen LogP contribution >= 0.6 is 15.9 Å². The fourth-order valence-corrected chi connectivity index (χ4v) is 3.55. The standard InChI is InChI=1S/C24H20BrNO2/c1-28-21-13-9-17(10-14-21)22(15-24(27)19-5-3-2-4-6-19)23(16-26)18-7-11-20(25)12-8-18/h2-14,22-23H,15H2,1H3/t22-,23-/m0/s1. The number of nitriles is 1. The van der Waals surface area contributed by atoms with Gasteiger partial charge in [0, 0.05) is 22.4 Å². The van der Waals surface area contributed by atoms with Crippen LogP contribution < -0.4 is 4.74 Å². The summed E-state index contributed by atoms with van der Waals surface area (Å²) in [5, 5.41) is 9.97. The van der Waals surface area contributed by atoms with E-state index >= 15 is 0 Å². The van der Waals surface area contributed by atoms with E-state index in [0.29, 0.717) is 5.56 Å². The summed E-state index contributed by atoms with van der Waals surface area (Å²) in [6.07, 6.45) is 0.255. The van der Waals surface area contributed by atoms with Gasteiger partial charge in [-0.15, -0.1) is 0 Å². The average Bonchev–Trinajstić information content (AvgIpc) is 2.75. The average molecular weight is 434 g/mol. The van der Waals surface area contributed by atoms with Gasteiger partial charge in [-0.1, -0.05) is 70.5 Å². The van der Waals surface area contributed by atoms with E-state index in [0.717, 1.165) is 21.3 Å². The first-order valence-corrected chi connectivity index (χ1v) is 9.79. The molecular weight excluding hydrogens is 414 g/mol. The zero-order valence-electron chi connectivity index (χ0n) is 15.5. The third-order valence-corrected chi connectivity index (χ3v) is 5.34. The Labute approximate surface area is 173 Å². The van der Waals surface area contributed by atoms with E-state index in [-0.39, 0.29) is 18.1 Å². The van der Waals surface area contributed by atoms with Gasteiger partial charge >= 0.3 is 0 Å². The zero-order chi connectivity index (χ0) is 19.9. The van der Waals surface area contributed by atoms with Gasteiger partial charge in [0.15, 0.2) is 5.78 Å². The molecule has 0 aliphatic carbocycles. The Balaban J connectivity index is 1.98. The van der Waals surface area contributed by atoms with Gasteiger partial charge in [0.05, 0.1) is 19.1 Å². The van der Waals surface area contributed by atoms with Crippen LogP contribution in [0.2, 0.25) is 0 Å². The summed E-state index contributed by atoms with van der Waals surface area (Å²) in [7, 11) is 1.62. The molecule has 0 aliphatic rings. The summed E-state index contributed by atoms with van der Waals surface area (Å²) in [5.74, 6) is 0.0757. The highest BCUT2D eigenvalue weighted by Gasteiger charge is 2.27. The van der Waals surface area contributed by atoms with Crippen molar-refractivity contribution in [2.45, 2.75) is 18.3 Å². The van der Waals surface area contributed by atoms with Gasteiger partial charge in [-0.3, -0.25) is 4.79 Å². The molecule has 28 heavy (non-hydrogen) atoms. The molecule has 3 nitrogen and oxygen atoms in total. The largest absolute Gasteiger partial charge is 0.497 e. The first-order chi connectivity index (χ1) is 13.6. The van der Waals surface area contributed by atoms with Crippen LogP contribution in [-0.2, 0) is 0 Å². The first-order valence-electron chi connectivity index (χ1n) is 8.99. The smallest absolute Gasteiger partial charge is 0.163 e. The minimum absolute atomic E-state index is 0.0266. The van der Waals surface area contributed by atoms with Crippen LogP contribution in [0.15, 0.2) is 83.3 Å². The van der Waals surface area contributed by atoms with Gasteiger partial charge in [0.25, 0.3) is 0 Å². The second-order valence-electron chi connectivity index (χ2n) is 6.53. The van der Waals surface area contributed by atoms with E-state index in [1.165, 1.54) is 0 Å². The van der Waals surface area contributed by atoms with Crippen molar-refractivity contribution in [1.29, 1.82) is 5.26 Å². The molecule has 3 aromatic carbocycles. The van der Waals surface area contributed by atoms with Crippen molar-refractivity contribution in [2.75, 3.05) is 7.11 Å². The molecule has 4 heteroatoms. The Morgan fingerprint density at radius 3 is 2.14 bits per heavy atom. The molecule has 2 atom stereocenters. The highest BCUT2D eigenvalue weighted by atomic mass is 79.9. The number of carbonyl (C=O) groups is 1. The van der Waals surface area contributed by atoms with Gasteiger partial charge in [-0.05, 0) is 35.4 Å². The number of hydrogen-bond acceptors (Lipinski definition) is 3. The summed E-state index contributed by atoms with van der Waals surface area (Å²) in [6, 6.07) is 27.0. The molecular formula is C24H20BrNO2. The molecule has 0 unspecified atom stereocenters. The molecule has 0 heterocycles. The van der Waals surface area contributed by atoms with Crippen LogP contribution in [0.3, 0.4) is 0 Å². The maximum atomic E-state index is 12.9. The Bertz CT molecular complexity index is 960. The Morgan fingerprint density at radius 2 is 1.57 bits per heavy atom. The van der Waals surface area contributed by atoms with Gasteiger partial charge in [-0.25, -0.2) is 0 Å². The number of ketones is 1. The van der Waals surface area contributed by atoms with Crippen molar-refractivity contribution < 1.29 is 9.53 Å². The topological polar surface area (TPSA) is 50.1 Å². The van der Waals surface area contributed by atoms with Gasteiger partial charge < -0.3 is 4.74 Å². The zero-order valence-corrected chi connectivity index (χ0v) is 17.1. The number of methoxy groups -OCH3 is 1. The highest BCUT2D eigenvalue weighted by molar-refractivity contribution is 9.10. The Kier molecular flexibility index (Phi) is 6.62. The molecule has 0 N–H and O–H groups in total. The Morgan fingerprint density at radius 1 is 0.964 bits per heavy atom. The number of rotatable bonds is 7. The molecule has 0 saturated heterocycles. The van der Waals surface area contributed by atoms with E-state index in [1.54, 1.807) is 7.11 Å². The lowest BCUT2D eigenvalue weighted by Gasteiger charge is -2.23. The number of nitrogens with zero attached hydrogens (tertiary/aromatic N) is 1. The second kappa shape index (κ2) is 9.34. The fourth-order valence-electron chi connectivity index (χ4n) is 3.29. The molecule has 0 aromatic heterocycles. The predicted molar refractivity (Wildman–Crippen MR) is 114 cm³/mol. The van der Waals surface area contributed by atoms with Crippen molar-refractivity contribution in [1.82, 2.24) is 0 Å². The van der Waals surface area contributed by atoms with Crippen molar-refractivity contribution in [3.63, 3.8) is 0 Å². The monoisotopic (exact) mass is 433 g/mol. The van der Waals surface area contributed by atoms with E-state index in [2.05, 4.69) is 22.0 Å². The second-order valence-corrected chi connectivity index (χ2v) is 7.45. The minimum Gasteiger partial charge on any atom is -0.497 e. The first kappa shape index (κ1) is 19.9. The van der Waals surface area contributed by atoms with E-state index in [9.17, 15) is 10.1 Å². The molecule has 0 aliphatic heterocycles. The van der Waals surface area contributed by atoms with Crippen LogP contribution in [0.25, 0.3) is 0 Å². The summed E-state index contributed by atoms with van der Waals surface area (Å²) in [5.41, 5.74) is 2.50. The van der Waals surface area contributed by atoms with Gasteiger partial charge in [0.2, 0.25) is 0 Å². The lowest BCUT2D eigenvalue weighted by molar-refractivity contribution is 0.0972. The maximum Gasteiger partial charge on any atom is 0.163 e. The molecule has 0 amide bonds. The molecule has 0 radical (unpaired) electrons. The van der Waals surface area contributed by atoms with Crippen molar-refractivity contribution in [2.24, 2.45) is 0 Å². The third kappa shape index (κ3) is 4.68. The third-order valence-electron chi connectivity index (χ3n) is 4.82. The summed E-state index contributed by atoms with van der Waals surface area (Å²) in [6.45, 7) is 0. The molecule has 3 rings (SSSR count). The van der Waals surface area contributed by atoms with Gasteiger partial charge in [-0.2, -0.15) is 5.26 Å². The lowest BCUT2D eigenvalue weighted by Crippen LogP contribution is -2.15. The molecule has 0 saturated carbocycles. The van der Waals surface area contributed by atoms with Crippen molar-refractivity contribution in [3.05, 3.63) is 100 Å². The predicted octanol–water partition coefficient (Wildman–Crippen LogP) is 6.12. The molecule has 0 spiro atoms. The minimum atomic E-state index is -0.436. The SMILES string of the molecule is COc1ccc([C@H](CC(=O)c2ccccc2)[C@@H](C#N)c2ccc(Br)cc2)cc1. The van der Waals surface area contributed by atoms with Crippen molar-refractivity contribution in [3.8, 4) is 11.8 Å². The number of Topliss-reactive ketones (excluding diaryl/α,β-unsaturated/α-hetero) is 1. The number of ether oxygens (including phenoxy) is 1. The molecule has 3 aromatic rings. The summed E-state index contributed by atoms with van der Waals surface area (Å²) in [4.78, 5) is 12.9. The number of carbonyl (C=O) groups excluding carboxylic acids is 1. The van der Waals surface area contributed by atoms with E-state index in [1.807, 2.05) is 78.9 Å². The van der Waals surface area contributed by atoms with Crippen LogP contribution in [0.1, 0.15) is 39.7 Å². The number of benzene rings is 3. The van der Waals surface area contributed by atoms with Crippen LogP contribution in [0.4, 0.5) is 0 Å². The Hall–Kier alpha value is -2.90. The number of halogens is 1. The van der Waals surface area contributed by atoms with Crippen LogP contribution in [0, 0.1) is 11.3 Å². The highest BCUT2D eigenvalue weighted by Crippen LogP contribution is 2.37. The summed E-state index contributed by atoms with van der Waals surface area (Å²) >= 11 is 3.43. The van der Waals surface area contributed by atoms with E-state index in [4.69, 9.17) is 4.74 Å². The van der Waals surface area contributed by atoms with Crippen LogP contribution in [0.5, 0.6) is 5.75 Å². The fraction of sp³-hybridized carbons (Fsp3) is 0.167.